The van der Waals surface area contributed by atoms with Gasteiger partial charge in [0, 0.05) is 36.6 Å². The molecule has 8 heteroatoms. The molecule has 0 radical (unpaired) electrons. The number of sulfone groups is 1. The van der Waals surface area contributed by atoms with Gasteiger partial charge in [0.25, 0.3) is 0 Å². The summed E-state index contributed by atoms with van der Waals surface area (Å²) in [5, 5.41) is 0. The molecule has 2 aromatic carbocycles. The number of rotatable bonds is 6. The van der Waals surface area contributed by atoms with Gasteiger partial charge in [-0.05, 0) is 42.3 Å². The first kappa shape index (κ1) is 19.9. The highest BCUT2D eigenvalue weighted by Crippen LogP contribution is 2.23. The average Bonchev–Trinajstić information content (AvgIpc) is 3.19. The zero-order chi connectivity index (χ0) is 21.3. The van der Waals surface area contributed by atoms with Crippen molar-refractivity contribution < 1.29 is 22.0 Å². The Morgan fingerprint density at radius 2 is 1.63 bits per heavy atom. The molecule has 4 aromatic rings. The molecule has 0 fully saturated rings. The zero-order valence-electron chi connectivity index (χ0n) is 15.6. The molecule has 0 aliphatic heterocycles. The molecule has 0 aliphatic carbocycles. The van der Waals surface area contributed by atoms with E-state index >= 15 is 0 Å². The van der Waals surface area contributed by atoms with E-state index in [-0.39, 0.29) is 17.1 Å². The van der Waals surface area contributed by atoms with E-state index in [2.05, 4.69) is 4.98 Å². The van der Waals surface area contributed by atoms with E-state index in [1.807, 2.05) is 28.9 Å². The van der Waals surface area contributed by atoms with Crippen molar-refractivity contribution in [2.75, 3.05) is 0 Å². The molecule has 0 saturated heterocycles. The SMILES string of the molecule is O=C(CCc1ccc2nccn2c1)c1ccc(S(=O)(=O)c2cc(F)cc(F)c2)cc1. The van der Waals surface area contributed by atoms with Crippen LogP contribution in [0.4, 0.5) is 8.78 Å². The predicted octanol–water partition coefficient (Wildman–Crippen LogP) is 4.26. The Kier molecular flexibility index (Phi) is 5.17. The highest BCUT2D eigenvalue weighted by molar-refractivity contribution is 7.91. The topological polar surface area (TPSA) is 68.5 Å². The summed E-state index contributed by atoms with van der Waals surface area (Å²) in [5.41, 5.74) is 2.16. The summed E-state index contributed by atoms with van der Waals surface area (Å²) >= 11 is 0. The smallest absolute Gasteiger partial charge is 0.206 e. The number of imidazole rings is 1. The van der Waals surface area contributed by atoms with Gasteiger partial charge in [-0.25, -0.2) is 22.2 Å². The fourth-order valence-corrected chi connectivity index (χ4v) is 4.46. The fourth-order valence-electron chi connectivity index (χ4n) is 3.16. The highest BCUT2D eigenvalue weighted by Gasteiger charge is 2.20. The maximum atomic E-state index is 13.4. The Bertz CT molecular complexity index is 1330. The Balaban J connectivity index is 1.48. The van der Waals surface area contributed by atoms with Gasteiger partial charge in [-0.15, -0.1) is 0 Å². The monoisotopic (exact) mass is 426 g/mol. The zero-order valence-corrected chi connectivity index (χ0v) is 16.4. The summed E-state index contributed by atoms with van der Waals surface area (Å²) in [6.07, 6.45) is 6.20. The number of nitrogens with zero attached hydrogens (tertiary/aromatic N) is 2. The van der Waals surface area contributed by atoms with E-state index in [0.29, 0.717) is 18.1 Å². The summed E-state index contributed by atoms with van der Waals surface area (Å²) in [4.78, 5) is 16.0. The molecule has 152 valence electrons. The lowest BCUT2D eigenvalue weighted by Crippen LogP contribution is -2.05. The number of carbonyl (C=O) groups excluding carboxylic acids is 1. The van der Waals surface area contributed by atoms with Crippen LogP contribution in [0.1, 0.15) is 22.3 Å². The second kappa shape index (κ2) is 7.79. The molecule has 0 saturated carbocycles. The van der Waals surface area contributed by atoms with Crippen molar-refractivity contribution in [3.8, 4) is 0 Å². The third-order valence-electron chi connectivity index (χ3n) is 4.72. The summed E-state index contributed by atoms with van der Waals surface area (Å²) in [5.74, 6) is -2.09. The van der Waals surface area contributed by atoms with Crippen LogP contribution in [0.2, 0.25) is 0 Å². The third kappa shape index (κ3) is 3.99. The van der Waals surface area contributed by atoms with E-state index in [9.17, 15) is 22.0 Å². The van der Waals surface area contributed by atoms with E-state index < -0.39 is 26.4 Å². The molecule has 0 spiro atoms. The molecule has 0 bridgehead atoms. The second-order valence-electron chi connectivity index (χ2n) is 6.79. The second-order valence-corrected chi connectivity index (χ2v) is 8.74. The van der Waals surface area contributed by atoms with Crippen LogP contribution in [-0.2, 0) is 16.3 Å². The summed E-state index contributed by atoms with van der Waals surface area (Å²) in [6, 6.07) is 11.2. The van der Waals surface area contributed by atoms with E-state index in [4.69, 9.17) is 0 Å². The van der Waals surface area contributed by atoms with E-state index in [0.717, 1.165) is 23.3 Å². The number of hydrogen-bond donors (Lipinski definition) is 0. The largest absolute Gasteiger partial charge is 0.307 e. The van der Waals surface area contributed by atoms with E-state index in [1.54, 1.807) is 6.20 Å². The number of carbonyl (C=O) groups is 1. The number of benzene rings is 2. The fraction of sp³-hybridized carbons (Fsp3) is 0.0909. The van der Waals surface area contributed by atoms with Crippen molar-refractivity contribution in [3.63, 3.8) is 0 Å². The number of aromatic nitrogens is 2. The van der Waals surface area contributed by atoms with Crippen LogP contribution >= 0.6 is 0 Å². The minimum atomic E-state index is -4.10. The molecule has 0 atom stereocenters. The van der Waals surface area contributed by atoms with Crippen LogP contribution in [0.5, 0.6) is 0 Å². The van der Waals surface area contributed by atoms with Crippen LogP contribution in [0, 0.1) is 11.6 Å². The number of Topliss-reactive ketones (excluding diaryl/α,β-unsaturated/α-hetero) is 1. The van der Waals surface area contributed by atoms with Gasteiger partial charge in [-0.2, -0.15) is 0 Å². The maximum Gasteiger partial charge on any atom is 0.206 e. The molecule has 0 amide bonds. The lowest BCUT2D eigenvalue weighted by Gasteiger charge is -2.07. The van der Waals surface area contributed by atoms with Gasteiger partial charge in [0.15, 0.2) is 5.78 Å². The number of pyridine rings is 1. The first-order valence-electron chi connectivity index (χ1n) is 9.09. The molecule has 0 aliphatic rings. The molecule has 2 heterocycles. The number of aryl methyl sites for hydroxylation is 1. The van der Waals surface area contributed by atoms with Crippen molar-refractivity contribution in [2.24, 2.45) is 0 Å². The summed E-state index contributed by atoms with van der Waals surface area (Å²) in [7, 11) is -4.10. The first-order chi connectivity index (χ1) is 14.3. The maximum absolute atomic E-state index is 13.4. The molecular weight excluding hydrogens is 410 g/mol. The Morgan fingerprint density at radius 3 is 2.33 bits per heavy atom. The van der Waals surface area contributed by atoms with Gasteiger partial charge >= 0.3 is 0 Å². The number of fused-ring (bicyclic) bond motifs is 1. The van der Waals surface area contributed by atoms with Gasteiger partial charge in [0.1, 0.15) is 17.3 Å². The molecule has 0 unspecified atom stereocenters. The van der Waals surface area contributed by atoms with Crippen molar-refractivity contribution in [3.05, 3.63) is 95.9 Å². The Labute approximate surface area is 171 Å². The minimum absolute atomic E-state index is 0.138. The predicted molar refractivity (Wildman–Crippen MR) is 106 cm³/mol. The summed E-state index contributed by atoms with van der Waals surface area (Å²) < 4.78 is 53.8. The molecule has 0 N–H and O–H groups in total. The average molecular weight is 426 g/mol. The van der Waals surface area contributed by atoms with E-state index in [1.165, 1.54) is 24.3 Å². The van der Waals surface area contributed by atoms with Gasteiger partial charge < -0.3 is 4.40 Å². The van der Waals surface area contributed by atoms with Gasteiger partial charge in [0.2, 0.25) is 9.84 Å². The van der Waals surface area contributed by atoms with Crippen LogP contribution in [0.3, 0.4) is 0 Å². The van der Waals surface area contributed by atoms with Crippen LogP contribution in [0.15, 0.2) is 83.0 Å². The minimum Gasteiger partial charge on any atom is -0.307 e. The third-order valence-corrected chi connectivity index (χ3v) is 6.47. The van der Waals surface area contributed by atoms with Gasteiger partial charge in [-0.3, -0.25) is 4.79 Å². The van der Waals surface area contributed by atoms with Crippen LogP contribution in [0.25, 0.3) is 5.65 Å². The lowest BCUT2D eigenvalue weighted by molar-refractivity contribution is 0.0982. The van der Waals surface area contributed by atoms with Crippen molar-refractivity contribution in [1.82, 2.24) is 9.38 Å². The van der Waals surface area contributed by atoms with Crippen LogP contribution in [-0.4, -0.2) is 23.6 Å². The van der Waals surface area contributed by atoms with Gasteiger partial charge in [-0.1, -0.05) is 18.2 Å². The van der Waals surface area contributed by atoms with Crippen LogP contribution < -0.4 is 0 Å². The Morgan fingerprint density at radius 1 is 0.933 bits per heavy atom. The quantitative estimate of drug-likeness (QED) is 0.432. The number of hydrogen-bond acceptors (Lipinski definition) is 4. The summed E-state index contributed by atoms with van der Waals surface area (Å²) in [6.45, 7) is 0. The van der Waals surface area contributed by atoms with Crippen molar-refractivity contribution in [2.45, 2.75) is 22.6 Å². The van der Waals surface area contributed by atoms with Crippen molar-refractivity contribution >= 4 is 21.3 Å². The number of ketones is 1. The standard InChI is InChI=1S/C22H16F2N2O3S/c23-17-11-18(24)13-20(12-17)30(28,29)19-5-3-16(4-6-19)21(27)7-1-15-2-8-22-25-9-10-26(22)14-15/h2-6,8-14H,1,7H2. The lowest BCUT2D eigenvalue weighted by atomic mass is 10.0. The van der Waals surface area contributed by atoms with Crippen molar-refractivity contribution in [1.29, 1.82) is 0 Å². The first-order valence-corrected chi connectivity index (χ1v) is 10.6. The Hall–Kier alpha value is -3.39. The van der Waals surface area contributed by atoms with Gasteiger partial charge in [0.05, 0.1) is 9.79 Å². The molecule has 4 rings (SSSR count). The molecule has 30 heavy (non-hydrogen) atoms. The number of halogens is 2. The molecule has 5 nitrogen and oxygen atoms in total. The highest BCUT2D eigenvalue weighted by atomic mass is 32.2. The molecule has 2 aromatic heterocycles. The normalized spacial score (nSPS) is 11.7. The molecular formula is C22H16F2N2O3S.